The van der Waals surface area contributed by atoms with Crippen molar-refractivity contribution >= 4 is 8.56 Å². The van der Waals surface area contributed by atoms with Crippen molar-refractivity contribution in [1.29, 1.82) is 0 Å². The topological polar surface area (TPSA) is 18.5 Å². The zero-order valence-corrected chi connectivity index (χ0v) is 11.7. The van der Waals surface area contributed by atoms with Gasteiger partial charge in [-0.15, -0.1) is 0 Å². The van der Waals surface area contributed by atoms with Gasteiger partial charge in [0, 0.05) is 24.8 Å². The maximum absolute atomic E-state index is 6.17. The summed E-state index contributed by atoms with van der Waals surface area (Å²) < 4.78 is 12.3. The van der Waals surface area contributed by atoms with E-state index in [9.17, 15) is 0 Å². The van der Waals surface area contributed by atoms with Crippen LogP contribution >= 0.6 is 0 Å². The van der Waals surface area contributed by atoms with Crippen molar-refractivity contribution in [3.8, 4) is 0 Å². The molecule has 0 N–H and O–H groups in total. The highest BCUT2D eigenvalue weighted by atomic mass is 28.4. The van der Waals surface area contributed by atoms with E-state index < -0.39 is 8.56 Å². The van der Waals surface area contributed by atoms with E-state index in [0.717, 1.165) is 24.7 Å². The van der Waals surface area contributed by atoms with Gasteiger partial charge in [0.05, 0.1) is 0 Å². The molecule has 0 bridgehead atoms. The maximum atomic E-state index is 6.17. The lowest BCUT2D eigenvalue weighted by Gasteiger charge is -2.35. The first-order valence-corrected chi connectivity index (χ1v) is 8.91. The van der Waals surface area contributed by atoms with Crippen LogP contribution in [0, 0.1) is 12.0 Å². The number of hydrogen-bond acceptors (Lipinski definition) is 2. The Bertz CT molecular complexity index is 204. The fourth-order valence-electron chi connectivity index (χ4n) is 2.88. The van der Waals surface area contributed by atoms with Gasteiger partial charge >= 0.3 is 8.56 Å². The SMILES string of the molecule is CCO[Si]([CH]C1CC1)(OCC)C1CCCC1. The molecule has 0 spiro atoms. The molecule has 2 saturated carbocycles. The van der Waals surface area contributed by atoms with Crippen LogP contribution in [0.1, 0.15) is 52.4 Å². The molecule has 16 heavy (non-hydrogen) atoms. The van der Waals surface area contributed by atoms with Crippen molar-refractivity contribution in [3.63, 3.8) is 0 Å². The third-order valence-electron chi connectivity index (χ3n) is 3.75. The molecule has 2 fully saturated rings. The molecule has 3 heteroatoms. The van der Waals surface area contributed by atoms with Crippen LogP contribution in [0.4, 0.5) is 0 Å². The second kappa shape index (κ2) is 5.65. The smallest absolute Gasteiger partial charge is 0.345 e. The lowest BCUT2D eigenvalue weighted by molar-refractivity contribution is 0.178. The average Bonchev–Trinajstić information content (AvgIpc) is 2.90. The third-order valence-corrected chi connectivity index (χ3v) is 7.89. The zero-order chi connectivity index (χ0) is 11.4. The molecule has 0 aromatic carbocycles. The van der Waals surface area contributed by atoms with Gasteiger partial charge in [0.15, 0.2) is 0 Å². The van der Waals surface area contributed by atoms with E-state index >= 15 is 0 Å². The highest BCUT2D eigenvalue weighted by molar-refractivity contribution is 6.72. The Labute approximate surface area is 101 Å². The van der Waals surface area contributed by atoms with Crippen molar-refractivity contribution in [3.05, 3.63) is 6.04 Å². The summed E-state index contributed by atoms with van der Waals surface area (Å²) in [6, 6.07) is 2.51. The van der Waals surface area contributed by atoms with Crippen LogP contribution in [0.25, 0.3) is 0 Å². The summed E-state index contributed by atoms with van der Waals surface area (Å²) in [6.45, 7) is 5.84. The molecule has 0 heterocycles. The van der Waals surface area contributed by atoms with Crippen molar-refractivity contribution in [2.24, 2.45) is 5.92 Å². The summed E-state index contributed by atoms with van der Waals surface area (Å²) in [5.41, 5.74) is 0.730. The van der Waals surface area contributed by atoms with Gasteiger partial charge < -0.3 is 8.85 Å². The van der Waals surface area contributed by atoms with Gasteiger partial charge in [-0.3, -0.25) is 0 Å². The standard InChI is InChI=1S/C13H25O2Si/c1-3-14-16(15-4-2,11-12-9-10-12)13-7-5-6-8-13/h11-13H,3-10H2,1-2H3. The Morgan fingerprint density at radius 2 is 1.56 bits per heavy atom. The minimum atomic E-state index is -1.99. The second-order valence-electron chi connectivity index (χ2n) is 5.07. The molecule has 0 aromatic heterocycles. The van der Waals surface area contributed by atoms with Crippen LogP contribution in [0.2, 0.25) is 5.54 Å². The molecule has 93 valence electrons. The predicted octanol–water partition coefficient (Wildman–Crippen LogP) is 3.60. The van der Waals surface area contributed by atoms with E-state index in [4.69, 9.17) is 8.85 Å². The Hall–Kier alpha value is 0.137. The van der Waals surface area contributed by atoms with Crippen LogP contribution in [-0.2, 0) is 8.85 Å². The monoisotopic (exact) mass is 241 g/mol. The minimum absolute atomic E-state index is 0.730. The van der Waals surface area contributed by atoms with Crippen LogP contribution in [0.5, 0.6) is 0 Å². The maximum Gasteiger partial charge on any atom is 0.345 e. The molecule has 1 radical (unpaired) electrons. The minimum Gasteiger partial charge on any atom is -0.394 e. The molecule has 0 aromatic rings. The van der Waals surface area contributed by atoms with Gasteiger partial charge in [-0.25, -0.2) is 0 Å². The molecule has 0 amide bonds. The highest BCUT2D eigenvalue weighted by Gasteiger charge is 2.49. The molecule has 0 saturated heterocycles. The van der Waals surface area contributed by atoms with Gasteiger partial charge in [0.1, 0.15) is 0 Å². The molecular formula is C13H25O2Si. The van der Waals surface area contributed by atoms with E-state index in [1.165, 1.54) is 38.5 Å². The molecule has 0 unspecified atom stereocenters. The molecular weight excluding hydrogens is 216 g/mol. The summed E-state index contributed by atoms with van der Waals surface area (Å²) in [6.07, 6.45) is 8.13. The highest BCUT2D eigenvalue weighted by Crippen LogP contribution is 2.46. The van der Waals surface area contributed by atoms with E-state index in [2.05, 4.69) is 19.9 Å². The Kier molecular flexibility index (Phi) is 4.45. The van der Waals surface area contributed by atoms with Crippen LogP contribution in [0.3, 0.4) is 0 Å². The van der Waals surface area contributed by atoms with E-state index in [1.54, 1.807) is 0 Å². The fourth-order valence-corrected chi connectivity index (χ4v) is 7.01. The summed E-state index contributed by atoms with van der Waals surface area (Å²) in [4.78, 5) is 0. The van der Waals surface area contributed by atoms with Gasteiger partial charge in [-0.2, -0.15) is 0 Å². The number of hydrogen-bond donors (Lipinski definition) is 0. The largest absolute Gasteiger partial charge is 0.394 e. The lowest BCUT2D eigenvalue weighted by atomic mass is 10.4. The van der Waals surface area contributed by atoms with Crippen LogP contribution in [0.15, 0.2) is 0 Å². The average molecular weight is 241 g/mol. The Balaban J connectivity index is 2.04. The molecule has 2 nitrogen and oxygen atoms in total. The quantitative estimate of drug-likeness (QED) is 0.634. The van der Waals surface area contributed by atoms with Crippen LogP contribution in [-0.4, -0.2) is 21.8 Å². The van der Waals surface area contributed by atoms with Crippen LogP contribution < -0.4 is 0 Å². The summed E-state index contributed by atoms with van der Waals surface area (Å²) in [5.74, 6) is 0.811. The zero-order valence-electron chi connectivity index (χ0n) is 10.7. The van der Waals surface area contributed by atoms with Crippen molar-refractivity contribution in [2.75, 3.05) is 13.2 Å². The first-order chi connectivity index (χ1) is 7.80. The van der Waals surface area contributed by atoms with Crippen molar-refractivity contribution in [2.45, 2.75) is 57.9 Å². The van der Waals surface area contributed by atoms with Crippen molar-refractivity contribution in [1.82, 2.24) is 0 Å². The third kappa shape index (κ3) is 2.87. The van der Waals surface area contributed by atoms with E-state index in [-0.39, 0.29) is 0 Å². The number of rotatable bonds is 7. The second-order valence-corrected chi connectivity index (χ2v) is 8.24. The molecule has 0 aliphatic heterocycles. The van der Waals surface area contributed by atoms with E-state index in [0.29, 0.717) is 0 Å². The predicted molar refractivity (Wildman–Crippen MR) is 68.2 cm³/mol. The Morgan fingerprint density at radius 3 is 2.00 bits per heavy atom. The van der Waals surface area contributed by atoms with Crippen molar-refractivity contribution < 1.29 is 8.85 Å². The van der Waals surface area contributed by atoms with Gasteiger partial charge in [-0.05, 0) is 32.6 Å². The first kappa shape index (κ1) is 12.6. The summed E-state index contributed by atoms with van der Waals surface area (Å²) in [5, 5.41) is 0. The van der Waals surface area contributed by atoms with Gasteiger partial charge in [-0.1, -0.05) is 25.7 Å². The fraction of sp³-hybridized carbons (Fsp3) is 0.923. The lowest BCUT2D eigenvalue weighted by Crippen LogP contribution is -2.48. The van der Waals surface area contributed by atoms with Gasteiger partial charge in [0.25, 0.3) is 0 Å². The molecule has 0 atom stereocenters. The molecule has 2 rings (SSSR count). The molecule has 2 aliphatic rings. The summed E-state index contributed by atoms with van der Waals surface area (Å²) >= 11 is 0. The Morgan fingerprint density at radius 1 is 1.00 bits per heavy atom. The van der Waals surface area contributed by atoms with E-state index in [1.807, 2.05) is 0 Å². The molecule has 2 aliphatic carbocycles. The van der Waals surface area contributed by atoms with Gasteiger partial charge in [0.2, 0.25) is 0 Å². The normalized spacial score (nSPS) is 22.9. The summed E-state index contributed by atoms with van der Waals surface area (Å²) in [7, 11) is -1.99. The first-order valence-electron chi connectivity index (χ1n) is 6.94.